The monoisotopic (exact) mass is 245 g/mol. The third-order valence-electron chi connectivity index (χ3n) is 3.87. The van der Waals surface area contributed by atoms with Crippen LogP contribution in [0.25, 0.3) is 0 Å². The van der Waals surface area contributed by atoms with Crippen LogP contribution in [-0.2, 0) is 0 Å². The van der Waals surface area contributed by atoms with E-state index in [1.165, 1.54) is 18.6 Å². The second-order valence-electron chi connectivity index (χ2n) is 5.15. The maximum absolute atomic E-state index is 6.07. The van der Waals surface area contributed by atoms with Crippen LogP contribution < -0.4 is 5.73 Å². The SMILES string of the molecule is CC1SCCCC1(CN)N(C)CCN(C)C. The Morgan fingerprint density at radius 1 is 1.31 bits per heavy atom. The first-order chi connectivity index (χ1) is 7.53. The fourth-order valence-corrected chi connectivity index (χ4v) is 3.86. The second kappa shape index (κ2) is 6.24. The van der Waals surface area contributed by atoms with E-state index in [0.717, 1.165) is 19.6 Å². The summed E-state index contributed by atoms with van der Waals surface area (Å²) >= 11 is 2.08. The lowest BCUT2D eigenvalue weighted by Crippen LogP contribution is -2.60. The van der Waals surface area contributed by atoms with Crippen LogP contribution in [0, 0.1) is 0 Å². The van der Waals surface area contributed by atoms with Gasteiger partial charge in [0.25, 0.3) is 0 Å². The van der Waals surface area contributed by atoms with Crippen molar-refractivity contribution in [3.05, 3.63) is 0 Å². The van der Waals surface area contributed by atoms with Gasteiger partial charge in [0, 0.05) is 30.4 Å². The van der Waals surface area contributed by atoms with Gasteiger partial charge >= 0.3 is 0 Å². The summed E-state index contributed by atoms with van der Waals surface area (Å²) in [5.74, 6) is 1.30. The van der Waals surface area contributed by atoms with E-state index in [2.05, 4.69) is 49.6 Å². The molecule has 0 spiro atoms. The van der Waals surface area contributed by atoms with Crippen LogP contribution in [0.3, 0.4) is 0 Å². The van der Waals surface area contributed by atoms with E-state index >= 15 is 0 Å². The molecule has 0 saturated carbocycles. The largest absolute Gasteiger partial charge is 0.329 e. The molecule has 0 amide bonds. The molecule has 1 rings (SSSR count). The quantitative estimate of drug-likeness (QED) is 0.786. The molecule has 96 valence electrons. The standard InChI is InChI=1S/C12H27N3S/c1-11-12(10-13,6-5-9-16-11)15(4)8-7-14(2)3/h11H,5-10,13H2,1-4H3. The van der Waals surface area contributed by atoms with Gasteiger partial charge in [0.2, 0.25) is 0 Å². The highest BCUT2D eigenvalue weighted by Crippen LogP contribution is 2.37. The number of hydrogen-bond acceptors (Lipinski definition) is 4. The molecule has 4 heteroatoms. The molecule has 2 N–H and O–H groups in total. The van der Waals surface area contributed by atoms with E-state index < -0.39 is 0 Å². The average Bonchev–Trinajstić information content (AvgIpc) is 2.27. The minimum Gasteiger partial charge on any atom is -0.329 e. The summed E-state index contributed by atoms with van der Waals surface area (Å²) in [6.07, 6.45) is 2.56. The van der Waals surface area contributed by atoms with Gasteiger partial charge in [0.1, 0.15) is 0 Å². The Morgan fingerprint density at radius 3 is 2.50 bits per heavy atom. The highest BCUT2D eigenvalue weighted by molar-refractivity contribution is 8.00. The van der Waals surface area contributed by atoms with Crippen LogP contribution in [0.4, 0.5) is 0 Å². The van der Waals surface area contributed by atoms with Crippen molar-refractivity contribution in [3.63, 3.8) is 0 Å². The molecule has 0 aromatic heterocycles. The summed E-state index contributed by atoms with van der Waals surface area (Å²) < 4.78 is 0. The topological polar surface area (TPSA) is 32.5 Å². The van der Waals surface area contributed by atoms with E-state index in [9.17, 15) is 0 Å². The average molecular weight is 245 g/mol. The Morgan fingerprint density at radius 2 is 2.00 bits per heavy atom. The van der Waals surface area contributed by atoms with Gasteiger partial charge in [-0.3, -0.25) is 4.90 Å². The molecule has 0 bridgehead atoms. The first kappa shape index (κ1) is 14.3. The molecule has 2 atom stereocenters. The lowest BCUT2D eigenvalue weighted by atomic mass is 9.88. The van der Waals surface area contributed by atoms with Crippen LogP contribution >= 0.6 is 11.8 Å². The lowest BCUT2D eigenvalue weighted by Gasteiger charge is -2.48. The van der Waals surface area contributed by atoms with Crippen molar-refractivity contribution in [2.75, 3.05) is 46.5 Å². The van der Waals surface area contributed by atoms with Crippen molar-refractivity contribution < 1.29 is 0 Å². The van der Waals surface area contributed by atoms with Gasteiger partial charge in [-0.05, 0) is 39.7 Å². The molecule has 1 aliphatic heterocycles. The Kier molecular flexibility index (Phi) is 5.57. The second-order valence-corrected chi connectivity index (χ2v) is 6.60. The predicted molar refractivity (Wildman–Crippen MR) is 74.1 cm³/mol. The van der Waals surface area contributed by atoms with E-state index in [-0.39, 0.29) is 5.54 Å². The van der Waals surface area contributed by atoms with Crippen LogP contribution in [0.2, 0.25) is 0 Å². The van der Waals surface area contributed by atoms with E-state index in [1.807, 2.05) is 0 Å². The molecule has 2 unspecified atom stereocenters. The minimum atomic E-state index is 0.221. The highest BCUT2D eigenvalue weighted by Gasteiger charge is 2.40. The molecule has 1 aliphatic rings. The summed E-state index contributed by atoms with van der Waals surface area (Å²) in [7, 11) is 6.49. The Bertz CT molecular complexity index is 210. The molecular formula is C12H27N3S. The Labute approximate surface area is 105 Å². The highest BCUT2D eigenvalue weighted by atomic mass is 32.2. The van der Waals surface area contributed by atoms with Crippen molar-refractivity contribution >= 4 is 11.8 Å². The van der Waals surface area contributed by atoms with Gasteiger partial charge in [-0.15, -0.1) is 0 Å². The number of nitrogens with two attached hydrogens (primary N) is 1. The fraction of sp³-hybridized carbons (Fsp3) is 1.00. The predicted octanol–water partition coefficient (Wildman–Crippen LogP) is 1.09. The molecular weight excluding hydrogens is 218 g/mol. The third kappa shape index (κ3) is 3.13. The lowest BCUT2D eigenvalue weighted by molar-refractivity contribution is 0.103. The molecule has 16 heavy (non-hydrogen) atoms. The number of rotatable bonds is 5. The maximum atomic E-state index is 6.07. The number of thioether (sulfide) groups is 1. The summed E-state index contributed by atoms with van der Waals surface area (Å²) in [5, 5.41) is 0.651. The Balaban J connectivity index is 2.62. The molecule has 3 nitrogen and oxygen atoms in total. The summed E-state index contributed by atoms with van der Waals surface area (Å²) in [5.41, 5.74) is 6.29. The number of nitrogens with zero attached hydrogens (tertiary/aromatic N) is 2. The summed E-state index contributed by atoms with van der Waals surface area (Å²) in [6, 6.07) is 0. The minimum absolute atomic E-state index is 0.221. The third-order valence-corrected chi connectivity index (χ3v) is 5.34. The summed E-state index contributed by atoms with van der Waals surface area (Å²) in [6.45, 7) is 5.33. The molecule has 1 fully saturated rings. The number of likely N-dealkylation sites (N-methyl/N-ethyl adjacent to an activating group) is 2. The van der Waals surface area contributed by atoms with Gasteiger partial charge in [-0.2, -0.15) is 11.8 Å². The van der Waals surface area contributed by atoms with Gasteiger partial charge in [-0.25, -0.2) is 0 Å². The van der Waals surface area contributed by atoms with Crippen molar-refractivity contribution in [1.82, 2.24) is 9.80 Å². The van der Waals surface area contributed by atoms with Gasteiger partial charge in [0.05, 0.1) is 0 Å². The zero-order valence-corrected chi connectivity index (χ0v) is 12.0. The maximum Gasteiger partial charge on any atom is 0.0445 e. The van der Waals surface area contributed by atoms with Crippen molar-refractivity contribution in [2.24, 2.45) is 5.73 Å². The van der Waals surface area contributed by atoms with Gasteiger partial charge in [-0.1, -0.05) is 6.92 Å². The summed E-state index contributed by atoms with van der Waals surface area (Å²) in [4.78, 5) is 4.73. The Hall–Kier alpha value is 0.230. The normalized spacial score (nSPS) is 31.3. The fourth-order valence-electron chi connectivity index (χ4n) is 2.49. The smallest absolute Gasteiger partial charge is 0.0445 e. The first-order valence-electron chi connectivity index (χ1n) is 6.20. The number of hydrogen-bond donors (Lipinski definition) is 1. The van der Waals surface area contributed by atoms with E-state index in [1.54, 1.807) is 0 Å². The molecule has 1 heterocycles. The molecule has 0 aromatic carbocycles. The molecule has 0 aliphatic carbocycles. The molecule has 0 aromatic rings. The van der Waals surface area contributed by atoms with Crippen LogP contribution in [-0.4, -0.2) is 67.1 Å². The van der Waals surface area contributed by atoms with Crippen LogP contribution in [0.15, 0.2) is 0 Å². The first-order valence-corrected chi connectivity index (χ1v) is 7.25. The molecule has 1 saturated heterocycles. The zero-order valence-electron chi connectivity index (χ0n) is 11.2. The van der Waals surface area contributed by atoms with E-state index in [4.69, 9.17) is 5.73 Å². The van der Waals surface area contributed by atoms with Crippen LogP contribution in [0.5, 0.6) is 0 Å². The van der Waals surface area contributed by atoms with Gasteiger partial charge < -0.3 is 10.6 Å². The van der Waals surface area contributed by atoms with Gasteiger partial charge in [0.15, 0.2) is 0 Å². The van der Waals surface area contributed by atoms with E-state index in [0.29, 0.717) is 5.25 Å². The zero-order chi connectivity index (χ0) is 12.2. The molecule has 0 radical (unpaired) electrons. The van der Waals surface area contributed by atoms with Crippen molar-refractivity contribution in [3.8, 4) is 0 Å². The van der Waals surface area contributed by atoms with Crippen molar-refractivity contribution in [1.29, 1.82) is 0 Å². The van der Waals surface area contributed by atoms with Crippen LogP contribution in [0.1, 0.15) is 19.8 Å². The van der Waals surface area contributed by atoms with Crippen molar-refractivity contribution in [2.45, 2.75) is 30.6 Å².